The monoisotopic (exact) mass is 263 g/mol. The van der Waals surface area contributed by atoms with Crippen LogP contribution >= 0.6 is 0 Å². The van der Waals surface area contributed by atoms with Gasteiger partial charge < -0.3 is 10.4 Å². The van der Waals surface area contributed by atoms with Crippen molar-refractivity contribution in [3.05, 3.63) is 34.9 Å². The Hall–Kier alpha value is -1.35. The van der Waals surface area contributed by atoms with Gasteiger partial charge in [-0.1, -0.05) is 31.5 Å². The van der Waals surface area contributed by atoms with Crippen molar-refractivity contribution in [2.24, 2.45) is 5.41 Å². The van der Waals surface area contributed by atoms with Gasteiger partial charge in [-0.3, -0.25) is 4.79 Å². The van der Waals surface area contributed by atoms with Crippen molar-refractivity contribution >= 4 is 5.91 Å². The Morgan fingerprint density at radius 3 is 2.58 bits per heavy atom. The smallest absolute Gasteiger partial charge is 0.251 e. The molecule has 0 atom stereocenters. The third-order valence-electron chi connectivity index (χ3n) is 3.37. The van der Waals surface area contributed by atoms with Crippen LogP contribution in [0.4, 0.5) is 0 Å². The Morgan fingerprint density at radius 2 is 2.00 bits per heavy atom. The molecule has 0 heterocycles. The molecule has 0 unspecified atom stereocenters. The van der Waals surface area contributed by atoms with Crippen LogP contribution in [0, 0.1) is 19.3 Å². The number of aryl methyl sites for hydroxylation is 2. The first-order valence-electron chi connectivity index (χ1n) is 6.82. The zero-order valence-corrected chi connectivity index (χ0v) is 12.4. The number of hydrogen-bond acceptors (Lipinski definition) is 2. The Kier molecular flexibility index (Phi) is 5.55. The molecule has 0 saturated carbocycles. The lowest BCUT2D eigenvalue weighted by atomic mass is 9.89. The third kappa shape index (κ3) is 5.03. The van der Waals surface area contributed by atoms with E-state index in [1.54, 1.807) is 0 Å². The van der Waals surface area contributed by atoms with Crippen LogP contribution in [0.2, 0.25) is 0 Å². The molecule has 0 spiro atoms. The topological polar surface area (TPSA) is 49.3 Å². The number of hydrogen-bond donors (Lipinski definition) is 2. The molecular formula is C16H25NO2. The minimum Gasteiger partial charge on any atom is -0.396 e. The SMILES string of the molecule is Cc1ccc(C(=O)NCCCC(C)(C)CO)c(C)c1. The van der Waals surface area contributed by atoms with E-state index in [-0.39, 0.29) is 17.9 Å². The molecule has 19 heavy (non-hydrogen) atoms. The van der Waals surface area contributed by atoms with Crippen molar-refractivity contribution in [1.29, 1.82) is 0 Å². The summed E-state index contributed by atoms with van der Waals surface area (Å²) in [5.74, 6) is -0.0145. The summed E-state index contributed by atoms with van der Waals surface area (Å²) in [4.78, 5) is 12.0. The standard InChI is InChI=1S/C16H25NO2/c1-12-6-7-14(13(2)10-12)15(19)17-9-5-8-16(3,4)11-18/h6-7,10,18H,5,8-9,11H2,1-4H3,(H,17,19). The van der Waals surface area contributed by atoms with Gasteiger partial charge >= 0.3 is 0 Å². The highest BCUT2D eigenvalue weighted by Crippen LogP contribution is 2.20. The summed E-state index contributed by atoms with van der Waals surface area (Å²) in [6.45, 7) is 8.86. The van der Waals surface area contributed by atoms with Gasteiger partial charge in [-0.25, -0.2) is 0 Å². The molecule has 3 nitrogen and oxygen atoms in total. The van der Waals surface area contributed by atoms with E-state index in [0.717, 1.165) is 24.0 Å². The molecule has 0 fully saturated rings. The van der Waals surface area contributed by atoms with E-state index in [4.69, 9.17) is 5.11 Å². The lowest BCUT2D eigenvalue weighted by molar-refractivity contribution is 0.0948. The maximum absolute atomic E-state index is 12.0. The number of rotatable bonds is 6. The summed E-state index contributed by atoms with van der Waals surface area (Å²) in [5.41, 5.74) is 2.85. The third-order valence-corrected chi connectivity index (χ3v) is 3.37. The van der Waals surface area contributed by atoms with E-state index >= 15 is 0 Å². The molecule has 2 N–H and O–H groups in total. The van der Waals surface area contributed by atoms with Crippen molar-refractivity contribution in [1.82, 2.24) is 5.32 Å². The second-order valence-electron chi connectivity index (χ2n) is 6.00. The first-order valence-corrected chi connectivity index (χ1v) is 6.82. The van der Waals surface area contributed by atoms with Crippen LogP contribution in [0.5, 0.6) is 0 Å². The number of amides is 1. The van der Waals surface area contributed by atoms with Crippen molar-refractivity contribution in [3.8, 4) is 0 Å². The van der Waals surface area contributed by atoms with Crippen LogP contribution in [0.1, 0.15) is 48.2 Å². The van der Waals surface area contributed by atoms with Gasteiger partial charge in [0, 0.05) is 18.7 Å². The fourth-order valence-corrected chi connectivity index (χ4v) is 2.01. The molecule has 0 bridgehead atoms. The fraction of sp³-hybridized carbons (Fsp3) is 0.562. The highest BCUT2D eigenvalue weighted by atomic mass is 16.3. The number of nitrogens with one attached hydrogen (secondary N) is 1. The number of carbonyl (C=O) groups is 1. The molecule has 0 saturated heterocycles. The first-order chi connectivity index (χ1) is 8.85. The molecular weight excluding hydrogens is 238 g/mol. The highest BCUT2D eigenvalue weighted by molar-refractivity contribution is 5.95. The summed E-state index contributed by atoms with van der Waals surface area (Å²) in [5, 5.41) is 12.1. The maximum atomic E-state index is 12.0. The van der Waals surface area contributed by atoms with Gasteiger partial charge in [-0.2, -0.15) is 0 Å². The van der Waals surface area contributed by atoms with Crippen molar-refractivity contribution in [2.45, 2.75) is 40.5 Å². The van der Waals surface area contributed by atoms with Crippen LogP contribution in [0.15, 0.2) is 18.2 Å². The summed E-state index contributed by atoms with van der Waals surface area (Å²) in [6.07, 6.45) is 1.78. The van der Waals surface area contributed by atoms with Crippen molar-refractivity contribution in [2.75, 3.05) is 13.2 Å². The normalized spacial score (nSPS) is 11.4. The number of benzene rings is 1. The molecule has 0 aliphatic heterocycles. The van der Waals surface area contributed by atoms with Gasteiger partial charge in [0.15, 0.2) is 0 Å². The largest absolute Gasteiger partial charge is 0.396 e. The van der Waals surface area contributed by atoms with E-state index in [9.17, 15) is 4.79 Å². The predicted octanol–water partition coefficient (Wildman–Crippen LogP) is 2.83. The molecule has 0 aliphatic carbocycles. The van der Waals surface area contributed by atoms with E-state index in [0.29, 0.717) is 6.54 Å². The van der Waals surface area contributed by atoms with Crippen LogP contribution in [0.3, 0.4) is 0 Å². The van der Waals surface area contributed by atoms with Crippen LogP contribution in [-0.2, 0) is 0 Å². The molecule has 1 aromatic rings. The van der Waals surface area contributed by atoms with E-state index in [2.05, 4.69) is 5.32 Å². The second kappa shape index (κ2) is 6.71. The minimum atomic E-state index is -0.0650. The Labute approximate surface area is 116 Å². The van der Waals surface area contributed by atoms with E-state index in [1.165, 1.54) is 5.56 Å². The van der Waals surface area contributed by atoms with Crippen LogP contribution in [-0.4, -0.2) is 24.2 Å². The molecule has 0 radical (unpaired) electrons. The number of carbonyl (C=O) groups excluding carboxylic acids is 1. The lowest BCUT2D eigenvalue weighted by Gasteiger charge is -2.21. The molecule has 0 aromatic heterocycles. The van der Waals surface area contributed by atoms with Crippen LogP contribution in [0.25, 0.3) is 0 Å². The quantitative estimate of drug-likeness (QED) is 0.775. The summed E-state index contributed by atoms with van der Waals surface area (Å²) in [6, 6.07) is 5.85. The predicted molar refractivity (Wildman–Crippen MR) is 78.4 cm³/mol. The van der Waals surface area contributed by atoms with Gasteiger partial charge in [0.2, 0.25) is 0 Å². The van der Waals surface area contributed by atoms with Gasteiger partial charge in [0.1, 0.15) is 0 Å². The zero-order valence-electron chi connectivity index (χ0n) is 12.4. The molecule has 106 valence electrons. The average Bonchev–Trinajstić information content (AvgIpc) is 2.34. The van der Waals surface area contributed by atoms with Gasteiger partial charge in [0.05, 0.1) is 0 Å². The molecule has 1 rings (SSSR count). The Bertz CT molecular complexity index is 438. The lowest BCUT2D eigenvalue weighted by Crippen LogP contribution is -2.27. The summed E-state index contributed by atoms with van der Waals surface area (Å²) < 4.78 is 0. The Morgan fingerprint density at radius 1 is 1.32 bits per heavy atom. The molecule has 0 aliphatic rings. The van der Waals surface area contributed by atoms with Crippen molar-refractivity contribution in [3.63, 3.8) is 0 Å². The molecule has 1 aromatic carbocycles. The molecule has 1 amide bonds. The number of aliphatic hydroxyl groups excluding tert-OH is 1. The Balaban J connectivity index is 2.44. The van der Waals surface area contributed by atoms with Crippen molar-refractivity contribution < 1.29 is 9.90 Å². The molecule has 3 heteroatoms. The van der Waals surface area contributed by atoms with E-state index < -0.39 is 0 Å². The van der Waals surface area contributed by atoms with Gasteiger partial charge in [-0.05, 0) is 43.7 Å². The maximum Gasteiger partial charge on any atom is 0.251 e. The summed E-state index contributed by atoms with van der Waals surface area (Å²) in [7, 11) is 0. The second-order valence-corrected chi connectivity index (χ2v) is 6.00. The average molecular weight is 263 g/mol. The number of aliphatic hydroxyl groups is 1. The van der Waals surface area contributed by atoms with Gasteiger partial charge in [0.25, 0.3) is 5.91 Å². The van der Waals surface area contributed by atoms with Crippen LogP contribution < -0.4 is 5.32 Å². The highest BCUT2D eigenvalue weighted by Gasteiger charge is 2.16. The first kappa shape index (κ1) is 15.7. The van der Waals surface area contributed by atoms with E-state index in [1.807, 2.05) is 45.9 Å². The summed E-state index contributed by atoms with van der Waals surface area (Å²) >= 11 is 0. The minimum absolute atomic E-state index is 0.0145. The zero-order chi connectivity index (χ0) is 14.5. The van der Waals surface area contributed by atoms with Gasteiger partial charge in [-0.15, -0.1) is 0 Å². The fourth-order valence-electron chi connectivity index (χ4n) is 2.01.